The zero-order valence-electron chi connectivity index (χ0n) is 20.6. The van der Waals surface area contributed by atoms with Crippen LogP contribution in [0.1, 0.15) is 35.7 Å². The Morgan fingerprint density at radius 3 is 2.31 bits per heavy atom. The topological polar surface area (TPSA) is 45.6 Å². The van der Waals surface area contributed by atoms with E-state index in [0.717, 1.165) is 54.6 Å². The molecule has 0 aliphatic carbocycles. The molecule has 0 radical (unpaired) electrons. The Kier molecular flexibility index (Phi) is 7.10. The number of fused-ring (bicyclic) bond motifs is 1. The predicted molar refractivity (Wildman–Crippen MR) is 146 cm³/mol. The Balaban J connectivity index is 1.41. The zero-order chi connectivity index (χ0) is 24.9. The summed E-state index contributed by atoms with van der Waals surface area (Å²) in [6, 6.07) is 28.4. The van der Waals surface area contributed by atoms with Crippen LogP contribution in [-0.4, -0.2) is 40.4 Å². The highest BCUT2D eigenvalue weighted by atomic mass is 16.2. The molecule has 182 valence electrons. The number of rotatable bonds is 6. The van der Waals surface area contributed by atoms with Gasteiger partial charge in [-0.2, -0.15) is 0 Å². The standard InChI is InChI=1S/C31H31N3O2/c1-24(35)33-21-16-27-13-14-29(22-30(27)33)34(31(36)15-12-25-8-4-2-5-9-25)28-17-19-32(20-18-28)23-26-10-6-3-7-11-26/h2-16,21-22,28H,17-20,23H2,1H3. The van der Waals surface area contributed by atoms with Crippen molar-refractivity contribution < 1.29 is 9.59 Å². The van der Waals surface area contributed by atoms with Crippen molar-refractivity contribution in [3.8, 4) is 0 Å². The molecular formula is C31H31N3O2. The molecule has 0 unspecified atom stereocenters. The highest BCUT2D eigenvalue weighted by Crippen LogP contribution is 2.29. The number of piperidine rings is 1. The van der Waals surface area contributed by atoms with Gasteiger partial charge in [0.05, 0.1) is 5.52 Å². The van der Waals surface area contributed by atoms with Crippen molar-refractivity contribution in [2.24, 2.45) is 0 Å². The summed E-state index contributed by atoms with van der Waals surface area (Å²) in [5.74, 6) is -0.0844. The van der Waals surface area contributed by atoms with E-state index in [9.17, 15) is 9.59 Å². The molecule has 1 aliphatic rings. The Morgan fingerprint density at radius 1 is 0.917 bits per heavy atom. The fourth-order valence-electron chi connectivity index (χ4n) is 5.05. The lowest BCUT2D eigenvalue weighted by Gasteiger charge is -2.38. The SMILES string of the molecule is CC(=O)n1ccc2ccc(N(C(=O)C=Cc3ccccc3)C3CCN(Cc4ccccc4)CC3)cc21. The Labute approximate surface area is 212 Å². The van der Waals surface area contributed by atoms with Gasteiger partial charge in [-0.15, -0.1) is 0 Å². The number of benzene rings is 3. The van der Waals surface area contributed by atoms with Crippen molar-refractivity contribution in [1.29, 1.82) is 0 Å². The molecule has 36 heavy (non-hydrogen) atoms. The molecule has 1 aliphatic heterocycles. The third-order valence-corrected chi connectivity index (χ3v) is 6.92. The molecular weight excluding hydrogens is 446 g/mol. The molecule has 0 bridgehead atoms. The summed E-state index contributed by atoms with van der Waals surface area (Å²) in [7, 11) is 0. The molecule has 1 fully saturated rings. The molecule has 0 N–H and O–H groups in total. The Bertz CT molecular complexity index is 1370. The van der Waals surface area contributed by atoms with E-state index in [1.165, 1.54) is 5.56 Å². The fourth-order valence-corrected chi connectivity index (χ4v) is 5.05. The number of hydrogen-bond acceptors (Lipinski definition) is 3. The molecule has 0 atom stereocenters. The largest absolute Gasteiger partial charge is 0.306 e. The summed E-state index contributed by atoms with van der Waals surface area (Å²) in [5.41, 5.74) is 3.95. The molecule has 5 nitrogen and oxygen atoms in total. The summed E-state index contributed by atoms with van der Waals surface area (Å²) in [4.78, 5) is 30.2. The van der Waals surface area contributed by atoms with Gasteiger partial charge >= 0.3 is 0 Å². The summed E-state index contributed by atoms with van der Waals surface area (Å²) in [6.07, 6.45) is 7.11. The molecule has 1 saturated heterocycles. The van der Waals surface area contributed by atoms with Crippen LogP contribution in [-0.2, 0) is 11.3 Å². The first-order valence-corrected chi connectivity index (χ1v) is 12.5. The van der Waals surface area contributed by atoms with Crippen molar-refractivity contribution in [1.82, 2.24) is 9.47 Å². The molecule has 2 heterocycles. The van der Waals surface area contributed by atoms with Gasteiger partial charge < -0.3 is 4.90 Å². The van der Waals surface area contributed by atoms with Gasteiger partial charge in [0.1, 0.15) is 0 Å². The van der Waals surface area contributed by atoms with Crippen LogP contribution >= 0.6 is 0 Å². The van der Waals surface area contributed by atoms with Crippen LogP contribution < -0.4 is 4.90 Å². The van der Waals surface area contributed by atoms with Gasteiger partial charge in [-0.05, 0) is 48.2 Å². The molecule has 4 aromatic rings. The van der Waals surface area contributed by atoms with Crippen molar-refractivity contribution in [3.63, 3.8) is 0 Å². The van der Waals surface area contributed by atoms with Gasteiger partial charge in [0.15, 0.2) is 0 Å². The summed E-state index contributed by atoms with van der Waals surface area (Å²) < 4.78 is 1.64. The highest BCUT2D eigenvalue weighted by Gasteiger charge is 2.28. The number of aromatic nitrogens is 1. The number of carbonyl (C=O) groups is 2. The van der Waals surface area contributed by atoms with Gasteiger partial charge in [0.25, 0.3) is 5.91 Å². The maximum atomic E-state index is 13.6. The molecule has 0 saturated carbocycles. The normalized spacial score (nSPS) is 14.9. The van der Waals surface area contributed by atoms with E-state index in [1.807, 2.05) is 71.6 Å². The van der Waals surface area contributed by atoms with Crippen LogP contribution in [0.15, 0.2) is 97.2 Å². The second-order valence-electron chi connectivity index (χ2n) is 9.39. The van der Waals surface area contributed by atoms with Crippen LogP contribution in [0.4, 0.5) is 5.69 Å². The molecule has 3 aromatic carbocycles. The molecule has 5 rings (SSSR count). The molecule has 5 heteroatoms. The maximum Gasteiger partial charge on any atom is 0.251 e. The van der Waals surface area contributed by atoms with Crippen LogP contribution in [0.2, 0.25) is 0 Å². The van der Waals surface area contributed by atoms with E-state index in [-0.39, 0.29) is 17.9 Å². The Hall–Kier alpha value is -3.96. The number of carbonyl (C=O) groups excluding carboxylic acids is 2. The van der Waals surface area contributed by atoms with Crippen LogP contribution in [0.25, 0.3) is 17.0 Å². The third kappa shape index (κ3) is 5.31. The predicted octanol–water partition coefficient (Wildman–Crippen LogP) is 6.01. The van der Waals surface area contributed by atoms with Gasteiger partial charge in [-0.25, -0.2) is 0 Å². The second kappa shape index (κ2) is 10.8. The third-order valence-electron chi connectivity index (χ3n) is 6.92. The molecule has 1 aromatic heterocycles. The first-order valence-electron chi connectivity index (χ1n) is 12.5. The van der Waals surface area contributed by atoms with E-state index in [4.69, 9.17) is 0 Å². The average molecular weight is 478 g/mol. The minimum Gasteiger partial charge on any atom is -0.306 e. The molecule has 0 spiro atoms. The lowest BCUT2D eigenvalue weighted by Crippen LogP contribution is -2.47. The van der Waals surface area contributed by atoms with Crippen molar-refractivity contribution in [2.75, 3.05) is 18.0 Å². The van der Waals surface area contributed by atoms with Gasteiger partial charge in [0.2, 0.25) is 5.91 Å². The quantitative estimate of drug-likeness (QED) is 0.319. The minimum absolute atomic E-state index is 0.0411. The first kappa shape index (κ1) is 23.8. The highest BCUT2D eigenvalue weighted by molar-refractivity contribution is 6.05. The van der Waals surface area contributed by atoms with Gasteiger partial charge in [0, 0.05) is 55.9 Å². The number of amides is 1. The van der Waals surface area contributed by atoms with E-state index in [0.29, 0.717) is 0 Å². The lowest BCUT2D eigenvalue weighted by atomic mass is 10.0. The summed E-state index contributed by atoms with van der Waals surface area (Å²) >= 11 is 0. The van der Waals surface area contributed by atoms with Crippen LogP contribution in [0.3, 0.4) is 0 Å². The number of likely N-dealkylation sites (tertiary alicyclic amines) is 1. The Morgan fingerprint density at radius 2 is 1.61 bits per heavy atom. The second-order valence-corrected chi connectivity index (χ2v) is 9.39. The average Bonchev–Trinajstić information content (AvgIpc) is 3.34. The smallest absolute Gasteiger partial charge is 0.251 e. The lowest BCUT2D eigenvalue weighted by molar-refractivity contribution is -0.114. The van der Waals surface area contributed by atoms with Crippen molar-refractivity contribution in [2.45, 2.75) is 32.4 Å². The van der Waals surface area contributed by atoms with Gasteiger partial charge in [-0.1, -0.05) is 66.7 Å². The van der Waals surface area contributed by atoms with Gasteiger partial charge in [-0.3, -0.25) is 19.1 Å². The van der Waals surface area contributed by atoms with E-state index >= 15 is 0 Å². The van der Waals surface area contributed by atoms with Crippen LogP contribution in [0, 0.1) is 0 Å². The number of anilines is 1. The van der Waals surface area contributed by atoms with Crippen molar-refractivity contribution >= 4 is 34.5 Å². The molecule has 1 amide bonds. The monoisotopic (exact) mass is 477 g/mol. The van der Waals surface area contributed by atoms with Crippen LogP contribution in [0.5, 0.6) is 0 Å². The maximum absolute atomic E-state index is 13.6. The fraction of sp³-hybridized carbons (Fsp3) is 0.226. The zero-order valence-corrected chi connectivity index (χ0v) is 20.6. The minimum atomic E-state index is -0.0433. The van der Waals surface area contributed by atoms with E-state index in [2.05, 4.69) is 29.2 Å². The summed E-state index contributed by atoms with van der Waals surface area (Å²) in [5, 5.41) is 0.985. The van der Waals surface area contributed by atoms with E-state index in [1.54, 1.807) is 23.8 Å². The first-order chi connectivity index (χ1) is 17.6. The summed E-state index contributed by atoms with van der Waals surface area (Å²) in [6.45, 7) is 4.34. The van der Waals surface area contributed by atoms with E-state index < -0.39 is 0 Å². The van der Waals surface area contributed by atoms with Crippen molar-refractivity contribution in [3.05, 3.63) is 108 Å². The number of nitrogens with zero attached hydrogens (tertiary/aromatic N) is 3. The number of hydrogen-bond donors (Lipinski definition) is 0.